The minimum atomic E-state index is 0.0812. The molecule has 6 heteroatoms. The zero-order chi connectivity index (χ0) is 18.6. The van der Waals surface area contributed by atoms with Gasteiger partial charge in [-0.2, -0.15) is 0 Å². The fourth-order valence-corrected chi connectivity index (χ4v) is 3.93. The van der Waals surface area contributed by atoms with Crippen molar-refractivity contribution in [2.24, 2.45) is 5.92 Å². The first kappa shape index (κ1) is 18.2. The molecule has 0 saturated carbocycles. The Morgan fingerprint density at radius 1 is 1.19 bits per heavy atom. The molecule has 0 bridgehead atoms. The second-order valence-corrected chi connectivity index (χ2v) is 7.40. The van der Waals surface area contributed by atoms with Crippen molar-refractivity contribution in [3.8, 4) is 11.5 Å². The Hall–Kier alpha value is -2.18. The van der Waals surface area contributed by atoms with Crippen LogP contribution in [0.25, 0.3) is 11.5 Å². The number of carbonyl (C=O) groups is 1. The summed E-state index contributed by atoms with van der Waals surface area (Å²) in [6.07, 6.45) is 2.02. The highest BCUT2D eigenvalue weighted by molar-refractivity contribution is 5.79. The van der Waals surface area contributed by atoms with E-state index in [1.54, 1.807) is 0 Å². The van der Waals surface area contributed by atoms with Gasteiger partial charge >= 0.3 is 0 Å². The van der Waals surface area contributed by atoms with Gasteiger partial charge in [-0.3, -0.25) is 9.69 Å². The second kappa shape index (κ2) is 8.23. The quantitative estimate of drug-likeness (QED) is 0.829. The van der Waals surface area contributed by atoms with Gasteiger partial charge in [0.05, 0.1) is 24.8 Å². The normalized spacial score (nSPS) is 21.4. The van der Waals surface area contributed by atoms with Gasteiger partial charge in [0.25, 0.3) is 0 Å². The molecule has 2 fully saturated rings. The van der Waals surface area contributed by atoms with Gasteiger partial charge in [0.1, 0.15) is 5.76 Å². The Kier molecular flexibility index (Phi) is 5.55. The zero-order valence-corrected chi connectivity index (χ0v) is 15.9. The van der Waals surface area contributed by atoms with E-state index < -0.39 is 0 Å². The van der Waals surface area contributed by atoms with Crippen LogP contribution in [0.2, 0.25) is 0 Å². The molecule has 6 nitrogen and oxygen atoms in total. The van der Waals surface area contributed by atoms with Crippen LogP contribution in [-0.4, -0.2) is 60.1 Å². The number of amides is 1. The highest BCUT2D eigenvalue weighted by Crippen LogP contribution is 2.25. The monoisotopic (exact) mass is 369 g/mol. The lowest BCUT2D eigenvalue weighted by atomic mass is 9.96. The van der Waals surface area contributed by atoms with Crippen LogP contribution < -0.4 is 0 Å². The number of carbonyl (C=O) groups excluding carboxylic acids is 1. The van der Waals surface area contributed by atoms with Crippen LogP contribution >= 0.6 is 0 Å². The number of ether oxygens (including phenoxy) is 1. The molecule has 144 valence electrons. The van der Waals surface area contributed by atoms with E-state index in [1.165, 1.54) is 0 Å². The third-order valence-corrected chi connectivity index (χ3v) is 5.46. The predicted molar refractivity (Wildman–Crippen MR) is 102 cm³/mol. The van der Waals surface area contributed by atoms with Crippen molar-refractivity contribution in [3.63, 3.8) is 0 Å². The number of piperidine rings is 1. The maximum atomic E-state index is 12.8. The molecule has 0 aliphatic carbocycles. The average molecular weight is 369 g/mol. The van der Waals surface area contributed by atoms with Gasteiger partial charge < -0.3 is 14.1 Å². The summed E-state index contributed by atoms with van der Waals surface area (Å²) < 4.78 is 11.3. The first-order valence-electron chi connectivity index (χ1n) is 9.81. The van der Waals surface area contributed by atoms with Crippen LogP contribution in [-0.2, 0) is 16.1 Å². The SMILES string of the molecule is Cc1oc(-c2ccccc2)nc1CN1CCCC(C(=O)N2CCOCC2)C1. The molecule has 27 heavy (non-hydrogen) atoms. The first-order chi connectivity index (χ1) is 13.2. The van der Waals surface area contributed by atoms with Gasteiger partial charge in [-0.15, -0.1) is 0 Å². The molecule has 3 heterocycles. The number of likely N-dealkylation sites (tertiary alicyclic amines) is 1. The molecular weight excluding hydrogens is 342 g/mol. The zero-order valence-electron chi connectivity index (χ0n) is 15.9. The van der Waals surface area contributed by atoms with Gasteiger partial charge in [0.2, 0.25) is 11.8 Å². The van der Waals surface area contributed by atoms with E-state index in [2.05, 4.69) is 4.90 Å². The van der Waals surface area contributed by atoms with Crippen LogP contribution in [0.15, 0.2) is 34.7 Å². The Labute approximate surface area is 160 Å². The lowest BCUT2D eigenvalue weighted by Gasteiger charge is -2.36. The lowest BCUT2D eigenvalue weighted by Crippen LogP contribution is -2.48. The van der Waals surface area contributed by atoms with Crippen molar-refractivity contribution in [3.05, 3.63) is 41.8 Å². The molecule has 2 saturated heterocycles. The number of oxazole rings is 1. The standard InChI is InChI=1S/C21H27N3O3/c1-16-19(22-20(27-16)17-6-3-2-4-7-17)15-23-9-5-8-18(14-23)21(25)24-10-12-26-13-11-24/h2-4,6-7,18H,5,8-15H2,1H3. The van der Waals surface area contributed by atoms with Gasteiger partial charge in [-0.25, -0.2) is 4.98 Å². The molecule has 1 aromatic carbocycles. The number of aryl methyl sites for hydroxylation is 1. The fourth-order valence-electron chi connectivity index (χ4n) is 3.93. The van der Waals surface area contributed by atoms with E-state index in [0.717, 1.165) is 62.6 Å². The fraction of sp³-hybridized carbons (Fsp3) is 0.524. The van der Waals surface area contributed by atoms with E-state index >= 15 is 0 Å². The number of nitrogens with zero attached hydrogens (tertiary/aromatic N) is 3. The van der Waals surface area contributed by atoms with Crippen molar-refractivity contribution in [2.45, 2.75) is 26.3 Å². The van der Waals surface area contributed by atoms with Crippen LogP contribution in [0.4, 0.5) is 0 Å². The van der Waals surface area contributed by atoms with E-state index in [9.17, 15) is 4.79 Å². The van der Waals surface area contributed by atoms with Crippen molar-refractivity contribution in [2.75, 3.05) is 39.4 Å². The summed E-state index contributed by atoms with van der Waals surface area (Å²) in [5.41, 5.74) is 1.96. The number of rotatable bonds is 4. The minimum Gasteiger partial charge on any atom is -0.441 e. The van der Waals surface area contributed by atoms with Crippen molar-refractivity contribution >= 4 is 5.91 Å². The Balaban J connectivity index is 1.41. The van der Waals surface area contributed by atoms with Crippen molar-refractivity contribution in [1.82, 2.24) is 14.8 Å². The van der Waals surface area contributed by atoms with Crippen LogP contribution in [0, 0.1) is 12.8 Å². The maximum absolute atomic E-state index is 12.8. The summed E-state index contributed by atoms with van der Waals surface area (Å²) in [7, 11) is 0. The van der Waals surface area contributed by atoms with Crippen LogP contribution in [0.1, 0.15) is 24.3 Å². The molecule has 1 unspecified atom stereocenters. The van der Waals surface area contributed by atoms with E-state index in [1.807, 2.05) is 42.2 Å². The van der Waals surface area contributed by atoms with Crippen molar-refractivity contribution in [1.29, 1.82) is 0 Å². The van der Waals surface area contributed by atoms with Crippen LogP contribution in [0.3, 0.4) is 0 Å². The molecule has 1 amide bonds. The summed E-state index contributed by atoms with van der Waals surface area (Å²) in [6, 6.07) is 9.97. The highest BCUT2D eigenvalue weighted by atomic mass is 16.5. The molecule has 2 aliphatic heterocycles. The molecule has 1 aromatic heterocycles. The molecule has 1 atom stereocenters. The number of hydrogen-bond donors (Lipinski definition) is 0. The summed E-state index contributed by atoms with van der Waals surface area (Å²) >= 11 is 0. The molecule has 4 rings (SSSR count). The molecule has 0 radical (unpaired) electrons. The second-order valence-electron chi connectivity index (χ2n) is 7.40. The van der Waals surface area contributed by atoms with Gasteiger partial charge in [0, 0.05) is 31.7 Å². The molecule has 2 aliphatic rings. The number of hydrogen-bond acceptors (Lipinski definition) is 5. The van der Waals surface area contributed by atoms with E-state index in [-0.39, 0.29) is 11.8 Å². The molecule has 0 spiro atoms. The first-order valence-corrected chi connectivity index (χ1v) is 9.81. The molecule has 0 N–H and O–H groups in total. The van der Waals surface area contributed by atoms with Crippen molar-refractivity contribution < 1.29 is 13.9 Å². The topological polar surface area (TPSA) is 58.8 Å². The van der Waals surface area contributed by atoms with Crippen LogP contribution in [0.5, 0.6) is 0 Å². The smallest absolute Gasteiger partial charge is 0.227 e. The summed E-state index contributed by atoms with van der Waals surface area (Å²) in [6.45, 7) is 7.24. The number of morpholine rings is 1. The van der Waals surface area contributed by atoms with Gasteiger partial charge in [-0.1, -0.05) is 18.2 Å². The predicted octanol–water partition coefficient (Wildman–Crippen LogP) is 2.72. The largest absolute Gasteiger partial charge is 0.441 e. The minimum absolute atomic E-state index is 0.0812. The lowest BCUT2D eigenvalue weighted by molar-refractivity contribution is -0.141. The Bertz CT molecular complexity index is 768. The number of aromatic nitrogens is 1. The average Bonchev–Trinajstić information content (AvgIpc) is 3.09. The van der Waals surface area contributed by atoms with Gasteiger partial charge in [-0.05, 0) is 38.4 Å². The highest BCUT2D eigenvalue weighted by Gasteiger charge is 2.30. The molecule has 2 aromatic rings. The summed E-state index contributed by atoms with van der Waals surface area (Å²) in [4.78, 5) is 21.8. The number of benzene rings is 1. The maximum Gasteiger partial charge on any atom is 0.227 e. The van der Waals surface area contributed by atoms with E-state index in [0.29, 0.717) is 19.1 Å². The van der Waals surface area contributed by atoms with Gasteiger partial charge in [0.15, 0.2) is 0 Å². The Morgan fingerprint density at radius 2 is 1.96 bits per heavy atom. The van der Waals surface area contributed by atoms with E-state index in [4.69, 9.17) is 14.1 Å². The summed E-state index contributed by atoms with van der Waals surface area (Å²) in [5, 5.41) is 0. The molecular formula is C21H27N3O3. The third-order valence-electron chi connectivity index (χ3n) is 5.46. The summed E-state index contributed by atoms with van der Waals surface area (Å²) in [5.74, 6) is 1.89. The Morgan fingerprint density at radius 3 is 2.74 bits per heavy atom. The third kappa shape index (κ3) is 4.22.